The van der Waals surface area contributed by atoms with Gasteiger partial charge in [-0.1, -0.05) is 74.5 Å². The summed E-state index contributed by atoms with van der Waals surface area (Å²) in [6.45, 7) is 13.6. The van der Waals surface area contributed by atoms with E-state index in [1.54, 1.807) is 68.4 Å². The van der Waals surface area contributed by atoms with Crippen molar-refractivity contribution in [2.75, 3.05) is 83.7 Å². The second kappa shape index (κ2) is 40.5. The van der Waals surface area contributed by atoms with Crippen LogP contribution in [0.3, 0.4) is 0 Å². The van der Waals surface area contributed by atoms with Crippen molar-refractivity contribution in [3.63, 3.8) is 0 Å². The van der Waals surface area contributed by atoms with E-state index in [1.165, 1.54) is 76.0 Å². The van der Waals surface area contributed by atoms with Crippen LogP contribution in [-0.2, 0) is 48.8 Å². The van der Waals surface area contributed by atoms with E-state index in [0.29, 0.717) is 72.6 Å². The normalized spacial score (nSPS) is 16.3. The Bertz CT molecular complexity index is 5090. The molecule has 5 aromatic carbocycles. The summed E-state index contributed by atoms with van der Waals surface area (Å²) in [4.78, 5) is 18.4. The zero-order valence-electron chi connectivity index (χ0n) is 59.0. The van der Waals surface area contributed by atoms with Crippen molar-refractivity contribution in [2.45, 2.75) is 96.5 Å². The first-order chi connectivity index (χ1) is 50.2. The summed E-state index contributed by atoms with van der Waals surface area (Å²) in [5.41, 5.74) is 5.04. The number of hydrogen-bond acceptors (Lipinski definition) is 22. The predicted molar refractivity (Wildman–Crippen MR) is 405 cm³/mol. The quantitative estimate of drug-likeness (QED) is 0.0239. The Morgan fingerprint density at radius 2 is 0.785 bits per heavy atom. The fourth-order valence-corrected chi connectivity index (χ4v) is 20.1. The number of aliphatic hydroxyl groups excluding tert-OH is 3. The summed E-state index contributed by atoms with van der Waals surface area (Å²) in [5, 5.41) is 37.9. The van der Waals surface area contributed by atoms with Crippen molar-refractivity contribution < 1.29 is 79.4 Å². The minimum absolute atomic E-state index is 0. The van der Waals surface area contributed by atoms with E-state index in [1.807, 2.05) is 20.8 Å². The van der Waals surface area contributed by atoms with Gasteiger partial charge in [-0.25, -0.2) is 64.0 Å². The predicted octanol–water partition coefficient (Wildman–Crippen LogP) is 9.07. The number of nitrogens with zero attached hydrogens (tertiary/aromatic N) is 7. The third-order valence-electron chi connectivity index (χ3n) is 16.5. The highest BCUT2D eigenvalue weighted by Gasteiger charge is 2.34. The molecule has 24 nitrogen and oxygen atoms in total. The highest BCUT2D eigenvalue weighted by Crippen LogP contribution is 2.33. The Hall–Kier alpha value is -7.23. The average molecular weight is 1630 g/mol. The van der Waals surface area contributed by atoms with Crippen molar-refractivity contribution in [3.8, 4) is 0 Å². The summed E-state index contributed by atoms with van der Waals surface area (Å²) in [6.07, 6.45) is 14.4. The van der Waals surface area contributed by atoms with Crippen LogP contribution < -0.4 is 21.7 Å². The SMILES string of the molecule is C[C@@H](CNCCCO)CS(=O)(=O)c1cccc2cncc(F)c12.C[C@@H](CO)CS(=O)(=O)c1cccc2cncc(F)c12.C[C@H](N)CO.C[C@H]1CNCCCN1S(=O)(=O)c1cccc2cncc(F)c12.C[C@H]1CNCCCN1S(=O)(=O)c1cccc2cncc(F)c12.Cl.O=S(=O)(Cl)c1cccc2cncc(F)c12. The molecule has 0 unspecified atom stereocenters. The first kappa shape index (κ1) is 88.7. The lowest BCUT2D eigenvalue weighted by molar-refractivity contribution is 0.249. The molecule has 0 amide bonds. The molecule has 0 saturated carbocycles. The summed E-state index contributed by atoms with van der Waals surface area (Å²) < 4.78 is 197. The molecule has 582 valence electrons. The standard InChI is InChI=1S/C16H21FN2O3S.2C15H18FN3O2S.C13H14FNO3S.C9H5ClFNO2S.C3H9NO.ClH/c1-12(8-18-6-3-7-20)11-23(21,22)15-5-2-4-13-9-19-10-14(17)16(13)15;2*1-11-8-17-6-3-7-19(11)22(20,21)14-5-2-4-12-9-18-10-13(16)15(12)14;1-9(7-16)8-19(17,18)12-4-2-3-10-5-15-6-11(14)13(10)12;10-15(13,14)8-3-1-2-6-4-12-5-7(11)9(6)8;1-3(4)2-5;/h2,4-5,9-10,12,18,20H,3,6-8,11H2,1H3;2*2,4-5,9-11,17H,3,6-8H2,1H3;2-6,9,16H,7-8H2,1H3;1-5H;3,5H,2,4H2,1H3;1H/t12-;2*11-;9-;;3-;/m0000.0./s1. The molecule has 0 aliphatic carbocycles. The molecule has 107 heavy (non-hydrogen) atoms. The lowest BCUT2D eigenvalue weighted by Crippen LogP contribution is -2.41. The van der Waals surface area contributed by atoms with Crippen LogP contribution in [0.2, 0.25) is 0 Å². The molecule has 36 heteroatoms. The third kappa shape index (κ3) is 23.4. The minimum atomic E-state index is -3.95. The van der Waals surface area contributed by atoms with Crippen LogP contribution in [0.25, 0.3) is 53.9 Å². The molecule has 5 atom stereocenters. The van der Waals surface area contributed by atoms with E-state index in [4.69, 9.17) is 31.7 Å². The molecular formula is C71H86Cl2F5N11O13S5. The van der Waals surface area contributed by atoms with Crippen LogP contribution >= 0.6 is 23.1 Å². The van der Waals surface area contributed by atoms with Crippen LogP contribution in [0.4, 0.5) is 22.0 Å². The molecule has 5 aromatic heterocycles. The van der Waals surface area contributed by atoms with E-state index in [9.17, 15) is 64.0 Å². The second-order valence-electron chi connectivity index (χ2n) is 25.3. The Morgan fingerprint density at radius 1 is 0.486 bits per heavy atom. The van der Waals surface area contributed by atoms with Gasteiger partial charge in [-0.15, -0.1) is 12.4 Å². The lowest BCUT2D eigenvalue weighted by atomic mass is 10.2. The van der Waals surface area contributed by atoms with Gasteiger partial charge in [0, 0.05) is 153 Å². The molecule has 0 bridgehead atoms. The summed E-state index contributed by atoms with van der Waals surface area (Å²) in [5.74, 6) is -4.03. The monoisotopic (exact) mass is 1630 g/mol. The summed E-state index contributed by atoms with van der Waals surface area (Å²) in [6, 6.07) is 22.6. The number of sulfone groups is 2. The van der Waals surface area contributed by atoms with Gasteiger partial charge in [0.05, 0.1) is 73.6 Å². The van der Waals surface area contributed by atoms with Crippen molar-refractivity contribution in [1.82, 2.24) is 49.5 Å². The molecule has 12 rings (SSSR count). The third-order valence-corrected chi connectivity index (χ3v) is 26.1. The molecule has 2 aliphatic heterocycles. The number of aliphatic hydroxyl groups is 3. The smallest absolute Gasteiger partial charge is 0.262 e. The van der Waals surface area contributed by atoms with Crippen LogP contribution in [0.5, 0.6) is 0 Å². The van der Waals surface area contributed by atoms with Gasteiger partial charge in [0.15, 0.2) is 48.8 Å². The van der Waals surface area contributed by atoms with Crippen molar-refractivity contribution >= 4 is 126 Å². The largest absolute Gasteiger partial charge is 0.396 e. The molecule has 8 N–H and O–H groups in total. The van der Waals surface area contributed by atoms with Crippen LogP contribution in [0.15, 0.2) is 177 Å². The topological polar surface area (TPSA) is 364 Å². The second-order valence-corrected chi connectivity index (χ2v) is 35.5. The molecule has 0 radical (unpaired) electrons. The number of nitrogens with two attached hydrogens (primary N) is 1. The number of aromatic nitrogens is 5. The Balaban J connectivity index is 0.000000207. The van der Waals surface area contributed by atoms with Crippen molar-refractivity contribution in [3.05, 3.63) is 182 Å². The van der Waals surface area contributed by atoms with E-state index < -0.39 is 83.8 Å². The molecule has 2 saturated heterocycles. The van der Waals surface area contributed by atoms with Crippen molar-refractivity contribution in [2.24, 2.45) is 17.6 Å². The summed E-state index contributed by atoms with van der Waals surface area (Å²) >= 11 is 0. The van der Waals surface area contributed by atoms with Gasteiger partial charge >= 0.3 is 0 Å². The first-order valence-corrected chi connectivity index (χ1v) is 42.0. The summed E-state index contributed by atoms with van der Waals surface area (Å²) in [7, 11) is -13.5. The Morgan fingerprint density at radius 3 is 1.09 bits per heavy atom. The maximum atomic E-state index is 14.2. The lowest BCUT2D eigenvalue weighted by Gasteiger charge is -2.26. The number of pyridine rings is 5. The Labute approximate surface area is 630 Å². The fourth-order valence-electron chi connectivity index (χ4n) is 11.5. The van der Waals surface area contributed by atoms with E-state index in [0.717, 1.165) is 56.9 Å². The number of nitrogens with one attached hydrogen (secondary N) is 3. The molecule has 0 spiro atoms. The maximum Gasteiger partial charge on any atom is 0.262 e. The molecular weight excluding hydrogens is 1540 g/mol. The number of sulfonamides is 2. The number of rotatable bonds is 18. The zero-order chi connectivity index (χ0) is 77.7. The van der Waals surface area contributed by atoms with Gasteiger partial charge in [0.1, 0.15) is 0 Å². The fraction of sp³-hybridized carbons (Fsp3) is 0.366. The van der Waals surface area contributed by atoms with Crippen LogP contribution in [0.1, 0.15) is 53.9 Å². The van der Waals surface area contributed by atoms with Gasteiger partial charge in [0.2, 0.25) is 20.0 Å². The zero-order valence-corrected chi connectivity index (χ0v) is 64.6. The number of fused-ring (bicyclic) bond motifs is 5. The Kier molecular flexibility index (Phi) is 33.5. The van der Waals surface area contributed by atoms with Crippen LogP contribution in [-0.4, -0.2) is 193 Å². The molecule has 2 aliphatic rings. The minimum Gasteiger partial charge on any atom is -0.396 e. The first-order valence-electron chi connectivity index (χ1n) is 33.5. The number of benzene rings is 5. The highest BCUT2D eigenvalue weighted by atomic mass is 35.7. The van der Waals surface area contributed by atoms with Gasteiger partial charge in [-0.05, 0) is 108 Å². The van der Waals surface area contributed by atoms with Crippen molar-refractivity contribution in [1.29, 1.82) is 0 Å². The van der Waals surface area contributed by atoms with E-state index >= 15 is 0 Å². The molecule has 10 aromatic rings. The van der Waals surface area contributed by atoms with Gasteiger partial charge in [-0.3, -0.25) is 24.9 Å². The molecule has 2 fully saturated rings. The molecule has 7 heterocycles. The average Bonchev–Trinajstić information content (AvgIpc) is 1.24. The van der Waals surface area contributed by atoms with Gasteiger partial charge in [-0.2, -0.15) is 8.61 Å². The van der Waals surface area contributed by atoms with E-state index in [2.05, 4.69) is 40.9 Å². The highest BCUT2D eigenvalue weighted by molar-refractivity contribution is 8.14. The maximum absolute atomic E-state index is 14.2. The van der Waals surface area contributed by atoms with Gasteiger partial charge in [0.25, 0.3) is 9.05 Å². The number of hydrogen-bond donors (Lipinski definition) is 7. The van der Waals surface area contributed by atoms with E-state index in [-0.39, 0.29) is 119 Å². The number of halogens is 7. The van der Waals surface area contributed by atoms with Crippen LogP contribution in [0, 0.1) is 40.9 Å². The van der Waals surface area contributed by atoms with Gasteiger partial charge < -0.3 is 37.0 Å².